The van der Waals surface area contributed by atoms with Gasteiger partial charge in [0.15, 0.2) is 0 Å². The van der Waals surface area contributed by atoms with E-state index < -0.39 is 11.6 Å². The number of nitriles is 1. The molecular weight excluding hydrogens is 352 g/mol. The highest BCUT2D eigenvalue weighted by molar-refractivity contribution is 6.12. The average Bonchev–Trinajstić information content (AvgIpc) is 2.80. The second-order valence-corrected chi connectivity index (χ2v) is 9.08. The third-order valence-electron chi connectivity index (χ3n) is 5.39. The van der Waals surface area contributed by atoms with Crippen molar-refractivity contribution in [2.24, 2.45) is 10.4 Å². The number of amidine groups is 1. The fraction of sp³-hybridized carbons (Fsp3) is 0.500. The van der Waals surface area contributed by atoms with Gasteiger partial charge >= 0.3 is 6.03 Å². The Bertz CT molecular complexity index is 917. The number of carbonyl (C=O) groups excluding carboxylic acids is 1. The van der Waals surface area contributed by atoms with E-state index in [1.54, 1.807) is 31.0 Å². The standard InChI is InChI=1S/C22H28N4O2/c1-14(27)15-7-8-16(12-23)17(11-15)18-9-10-22(5)19(24-18)25(6)20(28)26(22)13-21(2,3)4/h7-9,11,14,27H,10,13H2,1-6H3. The Morgan fingerprint density at radius 1 is 1.39 bits per heavy atom. The van der Waals surface area contributed by atoms with Gasteiger partial charge in [-0.3, -0.25) is 4.90 Å². The molecule has 2 amide bonds. The van der Waals surface area contributed by atoms with Gasteiger partial charge in [0.1, 0.15) is 11.4 Å². The molecule has 2 atom stereocenters. The van der Waals surface area contributed by atoms with Crippen molar-refractivity contribution in [3.05, 3.63) is 41.0 Å². The lowest BCUT2D eigenvalue weighted by atomic mass is 9.87. The molecule has 0 spiro atoms. The van der Waals surface area contributed by atoms with E-state index >= 15 is 0 Å². The maximum absolute atomic E-state index is 12.9. The van der Waals surface area contributed by atoms with Crippen LogP contribution in [0.5, 0.6) is 0 Å². The molecule has 148 valence electrons. The normalized spacial score (nSPS) is 23.1. The van der Waals surface area contributed by atoms with Crippen LogP contribution >= 0.6 is 0 Å². The van der Waals surface area contributed by atoms with Crippen molar-refractivity contribution in [3.63, 3.8) is 0 Å². The van der Waals surface area contributed by atoms with Gasteiger partial charge in [0, 0.05) is 19.2 Å². The fourth-order valence-corrected chi connectivity index (χ4v) is 3.83. The predicted octanol–water partition coefficient (Wildman–Crippen LogP) is 3.93. The number of urea groups is 1. The molecule has 0 saturated carbocycles. The second kappa shape index (κ2) is 6.75. The van der Waals surface area contributed by atoms with E-state index in [1.807, 2.05) is 24.0 Å². The summed E-state index contributed by atoms with van der Waals surface area (Å²) in [6, 6.07) is 7.43. The maximum Gasteiger partial charge on any atom is 0.326 e. The Kier molecular flexibility index (Phi) is 4.84. The van der Waals surface area contributed by atoms with Crippen LogP contribution in [0.25, 0.3) is 5.70 Å². The van der Waals surface area contributed by atoms with Gasteiger partial charge in [0.05, 0.1) is 23.4 Å². The minimum Gasteiger partial charge on any atom is -0.389 e. The van der Waals surface area contributed by atoms with E-state index in [4.69, 9.17) is 4.99 Å². The number of benzene rings is 1. The molecule has 2 aliphatic heterocycles. The van der Waals surface area contributed by atoms with Crippen molar-refractivity contribution in [1.29, 1.82) is 5.26 Å². The van der Waals surface area contributed by atoms with Crippen molar-refractivity contribution in [3.8, 4) is 6.07 Å². The van der Waals surface area contributed by atoms with Crippen LogP contribution in [0.15, 0.2) is 29.3 Å². The average molecular weight is 380 g/mol. The summed E-state index contributed by atoms with van der Waals surface area (Å²) in [6.45, 7) is 10.7. The summed E-state index contributed by atoms with van der Waals surface area (Å²) in [5.74, 6) is 0.700. The zero-order valence-electron chi connectivity index (χ0n) is 17.4. The quantitative estimate of drug-likeness (QED) is 0.863. The Morgan fingerprint density at radius 2 is 2.07 bits per heavy atom. The topological polar surface area (TPSA) is 79.9 Å². The Labute approximate surface area is 166 Å². The summed E-state index contributed by atoms with van der Waals surface area (Å²) in [5.41, 5.74) is 2.06. The van der Waals surface area contributed by atoms with E-state index in [1.165, 1.54) is 0 Å². The molecule has 0 aromatic heterocycles. The predicted molar refractivity (Wildman–Crippen MR) is 110 cm³/mol. The molecule has 1 aromatic carbocycles. The highest BCUT2D eigenvalue weighted by Crippen LogP contribution is 2.40. The molecule has 1 fully saturated rings. The molecule has 1 aromatic rings. The molecule has 0 aliphatic carbocycles. The van der Waals surface area contributed by atoms with Crippen molar-refractivity contribution < 1.29 is 9.90 Å². The minimum absolute atomic E-state index is 0.0292. The molecule has 2 unspecified atom stereocenters. The van der Waals surface area contributed by atoms with E-state index in [0.29, 0.717) is 35.6 Å². The first-order valence-electron chi connectivity index (χ1n) is 9.55. The molecule has 6 heteroatoms. The number of hydrogen-bond donors (Lipinski definition) is 1. The summed E-state index contributed by atoms with van der Waals surface area (Å²) in [5, 5.41) is 19.4. The molecule has 2 aliphatic rings. The van der Waals surface area contributed by atoms with E-state index in [-0.39, 0.29) is 11.4 Å². The highest BCUT2D eigenvalue weighted by Gasteiger charge is 2.52. The number of carbonyl (C=O) groups is 1. The van der Waals surface area contributed by atoms with Gasteiger partial charge in [0.2, 0.25) is 0 Å². The van der Waals surface area contributed by atoms with E-state index in [0.717, 1.165) is 5.56 Å². The summed E-state index contributed by atoms with van der Waals surface area (Å²) >= 11 is 0. The first kappa shape index (κ1) is 20.1. The van der Waals surface area contributed by atoms with Gasteiger partial charge in [-0.25, -0.2) is 9.79 Å². The van der Waals surface area contributed by atoms with Gasteiger partial charge in [-0.1, -0.05) is 32.9 Å². The molecule has 0 bridgehead atoms. The zero-order chi connectivity index (χ0) is 20.9. The molecule has 0 radical (unpaired) electrons. The van der Waals surface area contributed by atoms with Crippen molar-refractivity contribution in [2.45, 2.75) is 52.7 Å². The SMILES string of the molecule is CC(O)c1ccc(C#N)c(C2=CCC3(C)C(=N2)N(C)C(=O)N3CC(C)(C)C)c1. The van der Waals surface area contributed by atoms with E-state index in [9.17, 15) is 15.2 Å². The van der Waals surface area contributed by atoms with Gasteiger partial charge in [-0.2, -0.15) is 5.26 Å². The number of hydrogen-bond acceptors (Lipinski definition) is 4. The lowest BCUT2D eigenvalue weighted by molar-refractivity contribution is 0.140. The first-order chi connectivity index (χ1) is 13.0. The Balaban J connectivity index is 2.05. The van der Waals surface area contributed by atoms with Crippen LogP contribution in [-0.2, 0) is 0 Å². The number of likely N-dealkylation sites (N-methyl/N-ethyl adjacent to an activating group) is 1. The van der Waals surface area contributed by atoms with E-state index in [2.05, 4.69) is 26.8 Å². The summed E-state index contributed by atoms with van der Waals surface area (Å²) in [4.78, 5) is 21.3. The Hall–Kier alpha value is -2.65. The molecule has 28 heavy (non-hydrogen) atoms. The van der Waals surface area contributed by atoms with Crippen LogP contribution in [-0.4, -0.2) is 45.9 Å². The third kappa shape index (κ3) is 3.31. The van der Waals surface area contributed by atoms with Gasteiger partial charge < -0.3 is 10.0 Å². The number of rotatable bonds is 3. The molecule has 1 N–H and O–H groups in total. The Morgan fingerprint density at radius 3 is 2.64 bits per heavy atom. The fourth-order valence-electron chi connectivity index (χ4n) is 3.83. The molecule has 6 nitrogen and oxygen atoms in total. The third-order valence-corrected chi connectivity index (χ3v) is 5.39. The van der Waals surface area contributed by atoms with Gasteiger partial charge in [0.25, 0.3) is 0 Å². The summed E-state index contributed by atoms with van der Waals surface area (Å²) in [7, 11) is 1.75. The number of aliphatic hydroxyl groups is 1. The highest BCUT2D eigenvalue weighted by atomic mass is 16.3. The number of fused-ring (bicyclic) bond motifs is 1. The largest absolute Gasteiger partial charge is 0.389 e. The molecule has 2 heterocycles. The molecule has 3 rings (SSSR count). The minimum atomic E-state index is -0.633. The molecular formula is C22H28N4O2. The van der Waals surface area contributed by atoms with Crippen molar-refractivity contribution in [2.75, 3.05) is 13.6 Å². The summed E-state index contributed by atoms with van der Waals surface area (Å²) < 4.78 is 0. The van der Waals surface area contributed by atoms with Crippen LogP contribution in [0.3, 0.4) is 0 Å². The van der Waals surface area contributed by atoms with Crippen LogP contribution in [0.4, 0.5) is 4.79 Å². The number of nitrogens with zero attached hydrogens (tertiary/aromatic N) is 4. The number of amides is 2. The van der Waals surface area contributed by atoms with Crippen LogP contribution in [0.2, 0.25) is 0 Å². The van der Waals surface area contributed by atoms with Crippen LogP contribution in [0.1, 0.15) is 63.8 Å². The van der Waals surface area contributed by atoms with Gasteiger partial charge in [-0.15, -0.1) is 0 Å². The smallest absolute Gasteiger partial charge is 0.326 e. The number of aliphatic hydroxyl groups excluding tert-OH is 1. The summed E-state index contributed by atoms with van der Waals surface area (Å²) in [6.07, 6.45) is 1.98. The maximum atomic E-state index is 12.9. The van der Waals surface area contributed by atoms with Crippen molar-refractivity contribution in [1.82, 2.24) is 9.80 Å². The first-order valence-corrected chi connectivity index (χ1v) is 9.55. The number of aliphatic imine (C=N–C) groups is 1. The van der Waals surface area contributed by atoms with Crippen LogP contribution in [0, 0.1) is 16.7 Å². The monoisotopic (exact) mass is 380 g/mol. The second-order valence-electron chi connectivity index (χ2n) is 9.08. The van der Waals surface area contributed by atoms with Crippen LogP contribution < -0.4 is 0 Å². The van der Waals surface area contributed by atoms with Gasteiger partial charge in [-0.05, 0) is 43.4 Å². The zero-order valence-corrected chi connectivity index (χ0v) is 17.4. The van der Waals surface area contributed by atoms with Crippen molar-refractivity contribution >= 4 is 17.6 Å². The molecule has 1 saturated heterocycles. The lowest BCUT2D eigenvalue weighted by Crippen LogP contribution is -2.50. The lowest BCUT2D eigenvalue weighted by Gasteiger charge is -2.38.